The first-order valence-electron chi connectivity index (χ1n) is 6.13. The van der Waals surface area contributed by atoms with Crippen molar-refractivity contribution in [2.45, 2.75) is 32.7 Å². The van der Waals surface area contributed by atoms with E-state index in [9.17, 15) is 4.79 Å². The number of aliphatic carboxylic acids is 1. The maximum atomic E-state index is 10.6. The Hall–Kier alpha value is -0.610. The summed E-state index contributed by atoms with van der Waals surface area (Å²) in [5.41, 5.74) is 0. The Balaban J connectivity index is 2.28. The average Bonchev–Trinajstić information content (AvgIpc) is 2.16. The lowest BCUT2D eigenvalue weighted by Crippen LogP contribution is -2.45. The monoisotopic (exact) mass is 228 g/mol. The molecule has 0 aromatic rings. The van der Waals surface area contributed by atoms with E-state index < -0.39 is 5.97 Å². The third-order valence-electron chi connectivity index (χ3n) is 3.19. The molecule has 94 valence electrons. The largest absolute Gasteiger partial charge is 0.480 e. The predicted octanol–water partition coefficient (Wildman–Crippen LogP) is 1.12. The molecule has 0 bridgehead atoms. The highest BCUT2D eigenvalue weighted by atomic mass is 16.4. The van der Waals surface area contributed by atoms with Gasteiger partial charge >= 0.3 is 5.97 Å². The molecular formula is C12H24N2O2. The minimum atomic E-state index is -0.730. The number of hydrogen-bond acceptors (Lipinski definition) is 3. The molecule has 1 aliphatic heterocycles. The lowest BCUT2D eigenvalue weighted by molar-refractivity contribution is -0.138. The van der Waals surface area contributed by atoms with Gasteiger partial charge in [-0.2, -0.15) is 0 Å². The lowest BCUT2D eigenvalue weighted by Gasteiger charge is -2.36. The van der Waals surface area contributed by atoms with Crippen LogP contribution in [0.4, 0.5) is 0 Å². The second kappa shape index (κ2) is 6.21. The summed E-state index contributed by atoms with van der Waals surface area (Å²) >= 11 is 0. The summed E-state index contributed by atoms with van der Waals surface area (Å²) in [6.45, 7) is 8.01. The first-order valence-corrected chi connectivity index (χ1v) is 6.13. The zero-order chi connectivity index (χ0) is 12.1. The van der Waals surface area contributed by atoms with Crippen LogP contribution in [-0.4, -0.2) is 60.1 Å². The summed E-state index contributed by atoms with van der Waals surface area (Å²) < 4.78 is 0. The van der Waals surface area contributed by atoms with Crippen LogP contribution < -0.4 is 0 Å². The highest BCUT2D eigenvalue weighted by Crippen LogP contribution is 2.16. The lowest BCUT2D eigenvalue weighted by atomic mass is 10.0. The van der Waals surface area contributed by atoms with E-state index in [1.54, 1.807) is 0 Å². The van der Waals surface area contributed by atoms with E-state index in [4.69, 9.17) is 5.11 Å². The van der Waals surface area contributed by atoms with Gasteiger partial charge in [0.1, 0.15) is 0 Å². The SMILES string of the molecule is CC(C)CN1CCC(N(C)CC(=O)O)CC1. The Morgan fingerprint density at radius 1 is 1.44 bits per heavy atom. The van der Waals surface area contributed by atoms with Gasteiger partial charge in [-0.15, -0.1) is 0 Å². The standard InChI is InChI=1S/C12H24N2O2/c1-10(2)8-14-6-4-11(5-7-14)13(3)9-12(15)16/h10-11H,4-9H2,1-3H3,(H,15,16). The van der Waals surface area contributed by atoms with Crippen molar-refractivity contribution in [3.8, 4) is 0 Å². The summed E-state index contributed by atoms with van der Waals surface area (Å²) in [4.78, 5) is 15.1. The Morgan fingerprint density at radius 2 is 2.00 bits per heavy atom. The van der Waals surface area contributed by atoms with Gasteiger partial charge in [-0.1, -0.05) is 13.8 Å². The second-order valence-electron chi connectivity index (χ2n) is 5.23. The Labute approximate surface area is 98.2 Å². The van der Waals surface area contributed by atoms with Gasteiger partial charge in [-0.05, 0) is 38.9 Å². The normalized spacial score (nSPS) is 19.6. The smallest absolute Gasteiger partial charge is 0.317 e. The van der Waals surface area contributed by atoms with Gasteiger partial charge < -0.3 is 10.0 Å². The molecule has 1 aliphatic rings. The molecule has 4 heteroatoms. The molecule has 1 heterocycles. The highest BCUT2D eigenvalue weighted by molar-refractivity contribution is 5.69. The van der Waals surface area contributed by atoms with Gasteiger partial charge in [0.15, 0.2) is 0 Å². The molecule has 0 spiro atoms. The van der Waals surface area contributed by atoms with Gasteiger partial charge in [-0.25, -0.2) is 0 Å². The van der Waals surface area contributed by atoms with Gasteiger partial charge in [0, 0.05) is 12.6 Å². The molecule has 0 aliphatic carbocycles. The van der Waals surface area contributed by atoms with Crippen molar-refractivity contribution in [1.29, 1.82) is 0 Å². The maximum Gasteiger partial charge on any atom is 0.317 e. The number of piperidine rings is 1. The van der Waals surface area contributed by atoms with Crippen LogP contribution in [0.3, 0.4) is 0 Å². The molecule has 0 radical (unpaired) electrons. The number of likely N-dealkylation sites (tertiary alicyclic amines) is 1. The molecule has 0 aromatic heterocycles. The first kappa shape index (κ1) is 13.5. The number of nitrogens with zero attached hydrogens (tertiary/aromatic N) is 2. The van der Waals surface area contributed by atoms with Gasteiger partial charge in [0.05, 0.1) is 6.54 Å². The summed E-state index contributed by atoms with van der Waals surface area (Å²) in [6.07, 6.45) is 2.19. The van der Waals surface area contributed by atoms with Crippen molar-refractivity contribution in [3.05, 3.63) is 0 Å². The molecule has 0 saturated carbocycles. The third-order valence-corrected chi connectivity index (χ3v) is 3.19. The molecule has 1 rings (SSSR count). The van der Waals surface area contributed by atoms with Crippen molar-refractivity contribution in [3.63, 3.8) is 0 Å². The third kappa shape index (κ3) is 4.49. The Kier molecular flexibility index (Phi) is 5.22. The van der Waals surface area contributed by atoms with Crippen LogP contribution in [0, 0.1) is 5.92 Å². The molecule has 1 N–H and O–H groups in total. The van der Waals surface area contributed by atoms with E-state index >= 15 is 0 Å². The van der Waals surface area contributed by atoms with Crippen LogP contribution in [0.5, 0.6) is 0 Å². The van der Waals surface area contributed by atoms with E-state index in [0.29, 0.717) is 12.0 Å². The molecule has 0 aromatic carbocycles. The number of likely N-dealkylation sites (N-methyl/N-ethyl adjacent to an activating group) is 1. The molecule has 1 saturated heterocycles. The molecule has 0 atom stereocenters. The zero-order valence-electron chi connectivity index (χ0n) is 10.6. The van der Waals surface area contributed by atoms with E-state index in [1.165, 1.54) is 0 Å². The number of carbonyl (C=O) groups is 1. The van der Waals surface area contributed by atoms with Crippen LogP contribution in [-0.2, 0) is 4.79 Å². The molecule has 16 heavy (non-hydrogen) atoms. The van der Waals surface area contributed by atoms with E-state index in [2.05, 4.69) is 18.7 Å². The molecule has 1 fully saturated rings. The van der Waals surface area contributed by atoms with Crippen LogP contribution >= 0.6 is 0 Å². The fourth-order valence-corrected chi connectivity index (χ4v) is 2.40. The van der Waals surface area contributed by atoms with E-state index in [-0.39, 0.29) is 6.54 Å². The molecule has 0 amide bonds. The molecule has 4 nitrogen and oxygen atoms in total. The van der Waals surface area contributed by atoms with Crippen LogP contribution in [0.2, 0.25) is 0 Å². The van der Waals surface area contributed by atoms with Crippen molar-refractivity contribution >= 4 is 5.97 Å². The maximum absolute atomic E-state index is 10.6. The van der Waals surface area contributed by atoms with E-state index in [0.717, 1.165) is 32.5 Å². The summed E-state index contributed by atoms with van der Waals surface area (Å²) in [6, 6.07) is 0.444. The highest BCUT2D eigenvalue weighted by Gasteiger charge is 2.23. The average molecular weight is 228 g/mol. The topological polar surface area (TPSA) is 43.8 Å². The number of rotatable bonds is 5. The summed E-state index contributed by atoms with van der Waals surface area (Å²) in [7, 11) is 1.91. The van der Waals surface area contributed by atoms with Crippen LogP contribution in [0.15, 0.2) is 0 Å². The number of carboxylic acids is 1. The van der Waals surface area contributed by atoms with Gasteiger partial charge in [0.25, 0.3) is 0 Å². The van der Waals surface area contributed by atoms with Crippen molar-refractivity contribution < 1.29 is 9.90 Å². The summed E-state index contributed by atoms with van der Waals surface area (Å²) in [5, 5.41) is 8.73. The van der Waals surface area contributed by atoms with E-state index in [1.807, 2.05) is 11.9 Å². The van der Waals surface area contributed by atoms with Gasteiger partial charge in [-0.3, -0.25) is 9.69 Å². The molecule has 0 unspecified atom stereocenters. The first-order chi connectivity index (χ1) is 7.49. The molecular weight excluding hydrogens is 204 g/mol. The van der Waals surface area contributed by atoms with Gasteiger partial charge in [0.2, 0.25) is 0 Å². The van der Waals surface area contributed by atoms with Crippen molar-refractivity contribution in [1.82, 2.24) is 9.80 Å². The minimum Gasteiger partial charge on any atom is -0.480 e. The number of hydrogen-bond donors (Lipinski definition) is 1. The predicted molar refractivity (Wildman–Crippen MR) is 64.6 cm³/mol. The number of carboxylic acid groups (broad SMARTS) is 1. The fraction of sp³-hybridized carbons (Fsp3) is 0.917. The Bertz CT molecular complexity index is 223. The Morgan fingerprint density at radius 3 is 2.44 bits per heavy atom. The van der Waals surface area contributed by atoms with Crippen LogP contribution in [0.25, 0.3) is 0 Å². The quantitative estimate of drug-likeness (QED) is 0.766. The van der Waals surface area contributed by atoms with Crippen LogP contribution in [0.1, 0.15) is 26.7 Å². The minimum absolute atomic E-state index is 0.162. The second-order valence-corrected chi connectivity index (χ2v) is 5.23. The van der Waals surface area contributed by atoms with Crippen molar-refractivity contribution in [2.75, 3.05) is 33.2 Å². The summed E-state index contributed by atoms with van der Waals surface area (Å²) in [5.74, 6) is -0.0135. The fourth-order valence-electron chi connectivity index (χ4n) is 2.40. The van der Waals surface area contributed by atoms with Crippen molar-refractivity contribution in [2.24, 2.45) is 5.92 Å². The zero-order valence-corrected chi connectivity index (χ0v) is 10.6.